The number of halogens is 1. The van der Waals surface area contributed by atoms with Crippen LogP contribution < -0.4 is 16.0 Å². The summed E-state index contributed by atoms with van der Waals surface area (Å²) < 4.78 is 4.88. The van der Waals surface area contributed by atoms with Crippen LogP contribution in [0.2, 0.25) is 0 Å². The van der Waals surface area contributed by atoms with Crippen molar-refractivity contribution < 1.29 is 9.53 Å². The third kappa shape index (κ3) is 4.57. The van der Waals surface area contributed by atoms with Crippen LogP contribution in [-0.2, 0) is 9.53 Å². The molecule has 0 fully saturated rings. The van der Waals surface area contributed by atoms with Crippen LogP contribution in [0, 0.1) is 0 Å². The smallest absolute Gasteiger partial charge is 0.330 e. The standard InChI is InChI=1S/C8H17N3O2.ClH/c1-5-7(12)13-6-8(9-2,10-3)11-4;/h5,9-11H,1,6H2,2-4H3;1H. The fraction of sp³-hybridized carbons (Fsp3) is 0.625. The average Bonchev–Trinajstić information content (AvgIpc) is 2.20. The molecule has 0 atom stereocenters. The molecule has 0 aliphatic rings. The van der Waals surface area contributed by atoms with Crippen molar-refractivity contribution in [3.05, 3.63) is 12.7 Å². The van der Waals surface area contributed by atoms with E-state index in [1.807, 2.05) is 0 Å². The molecule has 0 aromatic rings. The van der Waals surface area contributed by atoms with Gasteiger partial charge in [0.15, 0.2) is 5.79 Å². The molecule has 3 N–H and O–H groups in total. The summed E-state index contributed by atoms with van der Waals surface area (Å²) in [5, 5.41) is 8.88. The second-order valence-corrected chi connectivity index (χ2v) is 2.47. The number of ether oxygens (including phenoxy) is 1. The van der Waals surface area contributed by atoms with Crippen LogP contribution in [-0.4, -0.2) is 39.5 Å². The zero-order valence-corrected chi connectivity index (χ0v) is 9.53. The minimum Gasteiger partial charge on any atom is -0.458 e. The molecule has 0 bridgehead atoms. The summed E-state index contributed by atoms with van der Waals surface area (Å²) in [6.45, 7) is 3.48. The summed E-state index contributed by atoms with van der Waals surface area (Å²) in [6, 6.07) is 0. The second-order valence-electron chi connectivity index (χ2n) is 2.47. The van der Waals surface area contributed by atoms with Gasteiger partial charge in [-0.25, -0.2) is 4.79 Å². The van der Waals surface area contributed by atoms with Crippen LogP contribution >= 0.6 is 12.4 Å². The highest BCUT2D eigenvalue weighted by molar-refractivity contribution is 5.85. The predicted octanol–water partition coefficient (Wildman–Crippen LogP) is -0.551. The molecule has 0 saturated carbocycles. The molecule has 0 aliphatic carbocycles. The number of carbonyl (C=O) groups is 1. The van der Waals surface area contributed by atoms with Gasteiger partial charge in [0.05, 0.1) is 0 Å². The molecule has 0 spiro atoms. The number of likely N-dealkylation sites (N-methyl/N-ethyl adjacent to an activating group) is 3. The SMILES string of the molecule is C=CC(=O)OCC(NC)(NC)NC.Cl. The van der Waals surface area contributed by atoms with Crippen LogP contribution in [0.3, 0.4) is 0 Å². The Kier molecular flexibility index (Phi) is 8.77. The summed E-state index contributed by atoms with van der Waals surface area (Å²) in [5.74, 6) is -1.02. The lowest BCUT2D eigenvalue weighted by molar-refractivity contribution is -0.140. The van der Waals surface area contributed by atoms with Gasteiger partial charge < -0.3 is 4.74 Å². The first-order valence-corrected chi connectivity index (χ1v) is 4.00. The minimum atomic E-state index is -0.585. The molecule has 0 saturated heterocycles. The molecule has 5 nitrogen and oxygen atoms in total. The normalized spacial score (nSPS) is 10.2. The van der Waals surface area contributed by atoms with Crippen molar-refractivity contribution in [1.82, 2.24) is 16.0 Å². The number of carbonyl (C=O) groups excluding carboxylic acids is 1. The van der Waals surface area contributed by atoms with Crippen LogP contribution in [0.5, 0.6) is 0 Å². The van der Waals surface area contributed by atoms with Crippen molar-refractivity contribution >= 4 is 18.4 Å². The summed E-state index contributed by atoms with van der Waals surface area (Å²) in [6.07, 6.45) is 1.13. The molecule has 0 unspecified atom stereocenters. The van der Waals surface area contributed by atoms with Gasteiger partial charge >= 0.3 is 5.97 Å². The fourth-order valence-electron chi connectivity index (χ4n) is 0.830. The molecule has 0 aromatic carbocycles. The number of hydrogen-bond acceptors (Lipinski definition) is 5. The van der Waals surface area contributed by atoms with Crippen LogP contribution in [0.15, 0.2) is 12.7 Å². The second kappa shape index (κ2) is 7.75. The lowest BCUT2D eigenvalue weighted by Crippen LogP contribution is -2.66. The van der Waals surface area contributed by atoms with Gasteiger partial charge in [-0.3, -0.25) is 16.0 Å². The number of hydrogen-bond donors (Lipinski definition) is 3. The van der Waals surface area contributed by atoms with E-state index in [1.54, 1.807) is 21.1 Å². The van der Waals surface area contributed by atoms with E-state index in [9.17, 15) is 4.79 Å². The van der Waals surface area contributed by atoms with E-state index in [-0.39, 0.29) is 19.0 Å². The van der Waals surface area contributed by atoms with Crippen LogP contribution in [0.25, 0.3) is 0 Å². The first-order valence-electron chi connectivity index (χ1n) is 4.00. The highest BCUT2D eigenvalue weighted by Crippen LogP contribution is 1.94. The highest BCUT2D eigenvalue weighted by Gasteiger charge is 2.24. The van der Waals surface area contributed by atoms with E-state index in [1.165, 1.54) is 0 Å². The Bertz CT molecular complexity index is 175. The van der Waals surface area contributed by atoms with Crippen molar-refractivity contribution in [2.24, 2.45) is 0 Å². The third-order valence-corrected chi connectivity index (χ3v) is 1.88. The Morgan fingerprint density at radius 3 is 2.07 bits per heavy atom. The quantitative estimate of drug-likeness (QED) is 0.321. The Balaban J connectivity index is 0. The molecule has 84 valence electrons. The Labute approximate surface area is 90.7 Å². The van der Waals surface area contributed by atoms with Gasteiger partial charge in [-0.2, -0.15) is 0 Å². The van der Waals surface area contributed by atoms with E-state index >= 15 is 0 Å². The van der Waals surface area contributed by atoms with Gasteiger partial charge in [-0.1, -0.05) is 6.58 Å². The third-order valence-electron chi connectivity index (χ3n) is 1.88. The number of rotatable bonds is 6. The average molecular weight is 224 g/mol. The monoisotopic (exact) mass is 223 g/mol. The molecule has 0 amide bonds. The van der Waals surface area contributed by atoms with E-state index in [0.29, 0.717) is 0 Å². The number of esters is 1. The summed E-state index contributed by atoms with van der Waals surface area (Å²) in [7, 11) is 5.28. The van der Waals surface area contributed by atoms with E-state index in [0.717, 1.165) is 6.08 Å². The summed E-state index contributed by atoms with van der Waals surface area (Å²) in [4.78, 5) is 10.8. The van der Waals surface area contributed by atoms with Crippen molar-refractivity contribution in [1.29, 1.82) is 0 Å². The predicted molar refractivity (Wildman–Crippen MR) is 58.3 cm³/mol. The topological polar surface area (TPSA) is 62.4 Å². The van der Waals surface area contributed by atoms with Crippen molar-refractivity contribution in [2.45, 2.75) is 5.79 Å². The Morgan fingerprint density at radius 2 is 1.79 bits per heavy atom. The van der Waals surface area contributed by atoms with Crippen LogP contribution in [0.4, 0.5) is 0 Å². The largest absolute Gasteiger partial charge is 0.458 e. The minimum absolute atomic E-state index is 0. The molecule has 6 heteroatoms. The first-order chi connectivity index (χ1) is 6.14. The Hall–Kier alpha value is -0.620. The van der Waals surface area contributed by atoms with E-state index < -0.39 is 11.8 Å². The molecule has 0 aromatic heterocycles. The van der Waals surface area contributed by atoms with Crippen molar-refractivity contribution in [3.8, 4) is 0 Å². The van der Waals surface area contributed by atoms with E-state index in [2.05, 4.69) is 22.5 Å². The fourth-order valence-corrected chi connectivity index (χ4v) is 0.830. The van der Waals surface area contributed by atoms with Gasteiger partial charge in [0.1, 0.15) is 6.61 Å². The van der Waals surface area contributed by atoms with Gasteiger partial charge in [0.25, 0.3) is 0 Å². The maximum Gasteiger partial charge on any atom is 0.330 e. The number of nitrogens with one attached hydrogen (secondary N) is 3. The first kappa shape index (κ1) is 15.8. The Morgan fingerprint density at radius 1 is 1.36 bits per heavy atom. The van der Waals surface area contributed by atoms with Gasteiger partial charge in [0, 0.05) is 6.08 Å². The molecular weight excluding hydrogens is 206 g/mol. The van der Waals surface area contributed by atoms with Gasteiger partial charge in [-0.05, 0) is 21.1 Å². The van der Waals surface area contributed by atoms with E-state index in [4.69, 9.17) is 4.74 Å². The lowest BCUT2D eigenvalue weighted by Gasteiger charge is -2.31. The molecule has 0 rings (SSSR count). The summed E-state index contributed by atoms with van der Waals surface area (Å²) in [5.41, 5.74) is 0. The van der Waals surface area contributed by atoms with Crippen LogP contribution in [0.1, 0.15) is 0 Å². The molecule has 0 aliphatic heterocycles. The van der Waals surface area contributed by atoms with Gasteiger partial charge in [0.2, 0.25) is 0 Å². The van der Waals surface area contributed by atoms with Crippen molar-refractivity contribution in [3.63, 3.8) is 0 Å². The molecular formula is C8H18ClN3O2. The lowest BCUT2D eigenvalue weighted by atomic mass is 10.3. The van der Waals surface area contributed by atoms with Crippen molar-refractivity contribution in [2.75, 3.05) is 27.7 Å². The highest BCUT2D eigenvalue weighted by atomic mass is 35.5. The molecule has 14 heavy (non-hydrogen) atoms. The zero-order valence-electron chi connectivity index (χ0n) is 8.72. The maximum absolute atomic E-state index is 10.8. The molecule has 0 heterocycles. The van der Waals surface area contributed by atoms with Gasteiger partial charge in [-0.15, -0.1) is 12.4 Å². The maximum atomic E-state index is 10.8. The molecule has 0 radical (unpaired) electrons. The zero-order chi connectivity index (χ0) is 10.3. The summed E-state index contributed by atoms with van der Waals surface area (Å²) >= 11 is 0.